The van der Waals surface area contributed by atoms with Crippen molar-refractivity contribution in [2.75, 3.05) is 18.6 Å². The molecule has 160 valence electrons. The van der Waals surface area contributed by atoms with Gasteiger partial charge in [-0.25, -0.2) is 4.98 Å². The number of benzene rings is 1. The maximum absolute atomic E-state index is 13.6. The number of halogens is 3. The molecule has 4 nitrogen and oxygen atoms in total. The van der Waals surface area contributed by atoms with E-state index in [4.69, 9.17) is 4.74 Å². The van der Waals surface area contributed by atoms with Crippen LogP contribution in [-0.4, -0.2) is 23.6 Å². The van der Waals surface area contributed by atoms with E-state index >= 15 is 0 Å². The Balaban J connectivity index is 2.34. The third kappa shape index (κ3) is 6.34. The van der Waals surface area contributed by atoms with Crippen LogP contribution in [0.2, 0.25) is 0 Å². The number of hydrogen-bond donors (Lipinski definition) is 0. The highest BCUT2D eigenvalue weighted by Crippen LogP contribution is 2.38. The van der Waals surface area contributed by atoms with Gasteiger partial charge in [-0.3, -0.25) is 0 Å². The molecule has 1 aromatic heterocycles. The minimum Gasteiger partial charge on any atom is -0.463 e. The summed E-state index contributed by atoms with van der Waals surface area (Å²) in [5.41, 5.74) is 0.633. The van der Waals surface area contributed by atoms with E-state index in [0.29, 0.717) is 12.3 Å². The van der Waals surface area contributed by atoms with E-state index in [2.05, 4.69) is 37.7 Å². The lowest BCUT2D eigenvalue weighted by molar-refractivity contribution is -0.137. The van der Waals surface area contributed by atoms with E-state index in [-0.39, 0.29) is 17.2 Å². The van der Waals surface area contributed by atoms with Crippen LogP contribution in [0.25, 0.3) is 0 Å². The molecule has 0 bridgehead atoms. The van der Waals surface area contributed by atoms with Crippen LogP contribution in [0.5, 0.6) is 6.01 Å². The zero-order chi connectivity index (χ0) is 21.7. The molecule has 0 aliphatic heterocycles. The van der Waals surface area contributed by atoms with Crippen molar-refractivity contribution in [2.45, 2.75) is 65.0 Å². The van der Waals surface area contributed by atoms with Crippen LogP contribution in [0.15, 0.2) is 30.5 Å². The second-order valence-electron chi connectivity index (χ2n) is 8.16. The fraction of sp³-hybridized carbons (Fsp3) is 0.545. The second kappa shape index (κ2) is 9.46. The van der Waals surface area contributed by atoms with Crippen molar-refractivity contribution < 1.29 is 17.9 Å². The first-order valence-electron chi connectivity index (χ1n) is 9.95. The van der Waals surface area contributed by atoms with E-state index in [9.17, 15) is 13.2 Å². The van der Waals surface area contributed by atoms with Crippen molar-refractivity contribution in [3.05, 3.63) is 41.6 Å². The molecule has 0 fully saturated rings. The molecule has 0 N–H and O–H groups in total. The lowest BCUT2D eigenvalue weighted by Gasteiger charge is -2.25. The van der Waals surface area contributed by atoms with Gasteiger partial charge in [0, 0.05) is 18.9 Å². The van der Waals surface area contributed by atoms with Crippen LogP contribution in [0.1, 0.15) is 64.5 Å². The van der Waals surface area contributed by atoms with Gasteiger partial charge in [-0.1, -0.05) is 59.1 Å². The van der Waals surface area contributed by atoms with E-state index in [1.165, 1.54) is 4.90 Å². The first-order chi connectivity index (χ1) is 13.5. The molecule has 0 unspecified atom stereocenters. The van der Waals surface area contributed by atoms with Crippen LogP contribution in [-0.2, 0) is 11.6 Å². The minimum atomic E-state index is -4.56. The molecule has 0 aliphatic rings. The first kappa shape index (κ1) is 23.0. The Morgan fingerprint density at radius 1 is 1.07 bits per heavy atom. The van der Waals surface area contributed by atoms with Crippen molar-refractivity contribution in [3.63, 3.8) is 0 Å². The zero-order valence-corrected chi connectivity index (χ0v) is 17.8. The average molecular weight is 409 g/mol. The normalized spacial score (nSPS) is 12.1. The summed E-state index contributed by atoms with van der Waals surface area (Å²) in [7, 11) is 1.57. The topological polar surface area (TPSA) is 38.2 Å². The van der Waals surface area contributed by atoms with Gasteiger partial charge < -0.3 is 9.64 Å². The van der Waals surface area contributed by atoms with Gasteiger partial charge >= 0.3 is 12.2 Å². The van der Waals surface area contributed by atoms with Crippen LogP contribution in [0.4, 0.5) is 24.7 Å². The SMILES string of the molecule is CCCCCCOc1ncc(C(F)(F)F)c(N(C)c2cccc(C(C)(C)C)c2)n1. The van der Waals surface area contributed by atoms with Gasteiger partial charge in [-0.05, 0) is 29.5 Å². The van der Waals surface area contributed by atoms with Gasteiger partial charge in [-0.15, -0.1) is 0 Å². The molecule has 2 aromatic rings. The van der Waals surface area contributed by atoms with Crippen molar-refractivity contribution in [2.24, 2.45) is 0 Å². The lowest BCUT2D eigenvalue weighted by atomic mass is 9.87. The standard InChI is InChI=1S/C22H30F3N3O/c1-6-7-8-9-13-29-20-26-15-18(22(23,24)25)19(27-20)28(5)17-12-10-11-16(14-17)21(2,3)4/h10-12,14-15H,6-9,13H2,1-5H3. The minimum absolute atomic E-state index is 0.0386. The maximum Gasteiger partial charge on any atom is 0.421 e. The zero-order valence-electron chi connectivity index (χ0n) is 17.8. The third-order valence-electron chi connectivity index (χ3n) is 4.70. The maximum atomic E-state index is 13.6. The summed E-state index contributed by atoms with van der Waals surface area (Å²) in [4.78, 5) is 9.31. The van der Waals surface area contributed by atoms with Gasteiger partial charge in [0.05, 0.1) is 6.61 Å². The summed E-state index contributed by atoms with van der Waals surface area (Å²) < 4.78 is 46.2. The van der Waals surface area contributed by atoms with Crippen molar-refractivity contribution in [1.29, 1.82) is 0 Å². The quantitative estimate of drug-likeness (QED) is 0.465. The molecule has 0 spiro atoms. The number of anilines is 2. The van der Waals surface area contributed by atoms with E-state index in [1.54, 1.807) is 13.1 Å². The highest BCUT2D eigenvalue weighted by Gasteiger charge is 2.37. The van der Waals surface area contributed by atoms with Crippen molar-refractivity contribution >= 4 is 11.5 Å². The van der Waals surface area contributed by atoms with E-state index < -0.39 is 11.7 Å². The number of rotatable bonds is 8. The first-order valence-corrected chi connectivity index (χ1v) is 9.95. The van der Waals surface area contributed by atoms with Gasteiger partial charge in [0.1, 0.15) is 5.56 Å². The predicted molar refractivity (Wildman–Crippen MR) is 110 cm³/mol. The van der Waals surface area contributed by atoms with Gasteiger partial charge in [0.2, 0.25) is 0 Å². The molecule has 7 heteroatoms. The molecule has 0 atom stereocenters. The Bertz CT molecular complexity index is 801. The number of nitrogens with zero attached hydrogens (tertiary/aromatic N) is 3. The molecule has 0 saturated carbocycles. The van der Waals surface area contributed by atoms with E-state index in [1.807, 2.05) is 18.2 Å². The summed E-state index contributed by atoms with van der Waals surface area (Å²) in [5, 5.41) is 0. The number of unbranched alkanes of at least 4 members (excludes halogenated alkanes) is 3. The third-order valence-corrected chi connectivity index (χ3v) is 4.70. The van der Waals surface area contributed by atoms with Gasteiger partial charge in [0.25, 0.3) is 0 Å². The Kier molecular flexibility index (Phi) is 7.49. The highest BCUT2D eigenvalue weighted by molar-refractivity contribution is 5.63. The number of aromatic nitrogens is 2. The van der Waals surface area contributed by atoms with Crippen LogP contribution < -0.4 is 9.64 Å². The van der Waals surface area contributed by atoms with Gasteiger partial charge in [-0.2, -0.15) is 18.2 Å². The fourth-order valence-electron chi connectivity index (χ4n) is 2.88. The van der Waals surface area contributed by atoms with Crippen molar-refractivity contribution in [1.82, 2.24) is 9.97 Å². The predicted octanol–water partition coefficient (Wildman–Crippen LogP) is 6.52. The number of hydrogen-bond acceptors (Lipinski definition) is 4. The summed E-state index contributed by atoms with van der Waals surface area (Å²) in [5.74, 6) is -0.220. The molecular formula is C22H30F3N3O. The van der Waals surface area contributed by atoms with Crippen LogP contribution >= 0.6 is 0 Å². The molecule has 0 aliphatic carbocycles. The second-order valence-corrected chi connectivity index (χ2v) is 8.16. The molecule has 0 amide bonds. The molecule has 1 aromatic carbocycles. The molecule has 29 heavy (non-hydrogen) atoms. The monoisotopic (exact) mass is 409 g/mol. The van der Waals surface area contributed by atoms with Crippen molar-refractivity contribution in [3.8, 4) is 6.01 Å². The fourth-order valence-corrected chi connectivity index (χ4v) is 2.88. The van der Waals surface area contributed by atoms with E-state index in [0.717, 1.165) is 37.4 Å². The molecule has 2 rings (SSSR count). The molecular weight excluding hydrogens is 379 g/mol. The molecule has 1 heterocycles. The lowest BCUT2D eigenvalue weighted by Crippen LogP contribution is -2.20. The molecule has 0 radical (unpaired) electrons. The summed E-state index contributed by atoms with van der Waals surface area (Å²) in [6.07, 6.45) is 0.244. The van der Waals surface area contributed by atoms with Gasteiger partial charge in [0.15, 0.2) is 5.82 Å². The summed E-state index contributed by atoms with van der Waals surface area (Å²) in [6.45, 7) is 8.66. The Labute approximate surface area is 171 Å². The smallest absolute Gasteiger partial charge is 0.421 e. The number of ether oxygens (including phenoxy) is 1. The average Bonchev–Trinajstić information content (AvgIpc) is 2.65. The Morgan fingerprint density at radius 2 is 1.79 bits per heavy atom. The van der Waals surface area contributed by atoms with Crippen LogP contribution in [0, 0.1) is 0 Å². The summed E-state index contributed by atoms with van der Waals surface area (Å²) in [6, 6.07) is 7.41. The largest absolute Gasteiger partial charge is 0.463 e. The molecule has 0 saturated heterocycles. The Morgan fingerprint density at radius 3 is 2.41 bits per heavy atom. The Hall–Kier alpha value is -2.31. The number of alkyl halides is 3. The highest BCUT2D eigenvalue weighted by atomic mass is 19.4. The summed E-state index contributed by atoms with van der Waals surface area (Å²) >= 11 is 0. The van der Waals surface area contributed by atoms with Crippen LogP contribution in [0.3, 0.4) is 0 Å².